The second-order valence-electron chi connectivity index (χ2n) is 8.60. The minimum Gasteiger partial charge on any atom is -0.497 e. The van der Waals surface area contributed by atoms with Crippen LogP contribution in [0.3, 0.4) is 0 Å². The van der Waals surface area contributed by atoms with Crippen molar-refractivity contribution in [2.75, 3.05) is 25.6 Å². The zero-order valence-corrected chi connectivity index (χ0v) is 23.6. The number of ether oxygens (including phenoxy) is 3. The molecule has 41 heavy (non-hydrogen) atoms. The number of thioether (sulfide) groups is 1. The van der Waals surface area contributed by atoms with Gasteiger partial charge in [0.1, 0.15) is 18.9 Å². The molecular weight excluding hydrogens is 572 g/mol. The normalized spacial score (nSPS) is 13.8. The Labute approximate surface area is 244 Å². The summed E-state index contributed by atoms with van der Waals surface area (Å²) in [5.41, 5.74) is 1.87. The number of methoxy groups -OCH3 is 1. The largest absolute Gasteiger partial charge is 0.497 e. The summed E-state index contributed by atoms with van der Waals surface area (Å²) in [5, 5.41) is 11.3. The highest BCUT2D eigenvalue weighted by Crippen LogP contribution is 2.39. The van der Waals surface area contributed by atoms with Crippen LogP contribution < -0.4 is 19.5 Å². The summed E-state index contributed by atoms with van der Waals surface area (Å²) >= 11 is 7.22. The Balaban J connectivity index is 1.46. The molecule has 3 amide bonds. The van der Waals surface area contributed by atoms with E-state index in [-0.39, 0.29) is 27.8 Å². The van der Waals surface area contributed by atoms with Crippen molar-refractivity contribution in [3.63, 3.8) is 0 Å². The third kappa shape index (κ3) is 7.38. The number of aromatic carboxylic acids is 1. The van der Waals surface area contributed by atoms with Gasteiger partial charge in [-0.15, -0.1) is 0 Å². The Kier molecular flexibility index (Phi) is 9.53. The Bertz CT molecular complexity index is 1510. The first-order valence-corrected chi connectivity index (χ1v) is 13.5. The van der Waals surface area contributed by atoms with Crippen LogP contribution in [-0.4, -0.2) is 53.3 Å². The van der Waals surface area contributed by atoms with Crippen molar-refractivity contribution >= 4 is 58.1 Å². The van der Waals surface area contributed by atoms with Gasteiger partial charge in [0.25, 0.3) is 11.1 Å². The predicted octanol–water partition coefficient (Wildman–Crippen LogP) is 5.70. The Morgan fingerprint density at radius 2 is 1.76 bits per heavy atom. The predicted molar refractivity (Wildman–Crippen MR) is 155 cm³/mol. The van der Waals surface area contributed by atoms with Crippen molar-refractivity contribution in [3.8, 4) is 17.2 Å². The van der Waals surface area contributed by atoms with Crippen LogP contribution in [0.4, 0.5) is 10.5 Å². The van der Waals surface area contributed by atoms with Gasteiger partial charge in [-0.05, 0) is 84.4 Å². The summed E-state index contributed by atoms with van der Waals surface area (Å²) in [6.45, 7) is 1.76. The lowest BCUT2D eigenvalue weighted by molar-refractivity contribution is -0.127. The number of amides is 3. The highest BCUT2D eigenvalue weighted by Gasteiger charge is 2.36. The van der Waals surface area contributed by atoms with Crippen LogP contribution in [0, 0.1) is 0 Å². The van der Waals surface area contributed by atoms with E-state index in [9.17, 15) is 19.2 Å². The molecule has 212 valence electrons. The molecule has 0 unspecified atom stereocenters. The topological polar surface area (TPSA) is 131 Å². The van der Waals surface area contributed by atoms with Gasteiger partial charge in [-0.2, -0.15) is 0 Å². The molecule has 0 bridgehead atoms. The van der Waals surface area contributed by atoms with Gasteiger partial charge in [-0.3, -0.25) is 19.3 Å². The zero-order valence-electron chi connectivity index (χ0n) is 22.0. The fraction of sp³-hybridized carbons (Fsp3) is 0.172. The Morgan fingerprint density at radius 1 is 1.05 bits per heavy atom. The van der Waals surface area contributed by atoms with Gasteiger partial charge < -0.3 is 24.6 Å². The third-order valence-electron chi connectivity index (χ3n) is 5.76. The molecule has 0 saturated carbocycles. The molecule has 1 saturated heterocycles. The number of carboxylic acid groups (broad SMARTS) is 1. The second-order valence-corrected chi connectivity index (χ2v) is 10.00. The van der Waals surface area contributed by atoms with Crippen LogP contribution in [-0.2, 0) is 16.2 Å². The van der Waals surface area contributed by atoms with E-state index in [1.807, 2.05) is 0 Å². The number of imide groups is 1. The molecule has 3 aromatic carbocycles. The number of carbonyl (C=O) groups excluding carboxylic acids is 3. The molecule has 2 N–H and O–H groups in total. The number of rotatable bonds is 11. The number of nitrogens with zero attached hydrogens (tertiary/aromatic N) is 1. The van der Waals surface area contributed by atoms with Crippen molar-refractivity contribution in [1.82, 2.24) is 4.90 Å². The maximum Gasteiger partial charge on any atom is 0.335 e. The van der Waals surface area contributed by atoms with E-state index in [0.717, 1.165) is 10.5 Å². The number of hydrogen-bond acceptors (Lipinski definition) is 8. The minimum atomic E-state index is -1.02. The lowest BCUT2D eigenvalue weighted by Gasteiger charge is -2.15. The first kappa shape index (κ1) is 29.5. The molecule has 0 radical (unpaired) electrons. The van der Waals surface area contributed by atoms with E-state index < -0.39 is 29.6 Å². The second kappa shape index (κ2) is 13.2. The summed E-state index contributed by atoms with van der Waals surface area (Å²) in [4.78, 5) is 50.1. The van der Waals surface area contributed by atoms with E-state index >= 15 is 0 Å². The summed E-state index contributed by atoms with van der Waals surface area (Å²) in [5.74, 6) is -0.936. The van der Waals surface area contributed by atoms with Gasteiger partial charge in [0.05, 0.1) is 29.2 Å². The summed E-state index contributed by atoms with van der Waals surface area (Å²) < 4.78 is 16.7. The molecule has 1 aliphatic heterocycles. The van der Waals surface area contributed by atoms with Crippen LogP contribution in [0.15, 0.2) is 65.6 Å². The molecule has 0 atom stereocenters. The molecular formula is C29H25ClN2O8S. The average Bonchev–Trinajstić information content (AvgIpc) is 3.20. The first-order chi connectivity index (χ1) is 19.7. The Hall–Kier alpha value is -4.48. The van der Waals surface area contributed by atoms with Crippen molar-refractivity contribution < 1.29 is 38.5 Å². The van der Waals surface area contributed by atoms with Gasteiger partial charge in [-0.1, -0.05) is 23.7 Å². The number of halogens is 1. The molecule has 0 aliphatic carbocycles. The molecule has 10 nitrogen and oxygen atoms in total. The van der Waals surface area contributed by atoms with E-state index in [1.54, 1.807) is 55.5 Å². The fourth-order valence-electron chi connectivity index (χ4n) is 3.78. The van der Waals surface area contributed by atoms with Crippen LogP contribution >= 0.6 is 23.4 Å². The van der Waals surface area contributed by atoms with Crippen LogP contribution in [0.2, 0.25) is 5.02 Å². The number of nitrogens with one attached hydrogen (secondary N) is 1. The standard InChI is InChI=1S/C29H25ClN2O8S/c1-3-39-23-13-18(12-22(30)26(23)40-16-17-4-6-19(7-5-17)28(35)36)14-24-27(34)32(29(37)41-24)15-25(33)31-20-8-10-21(38-2)11-9-20/h4-14H,3,15-16H2,1-2H3,(H,31,33)(H,35,36)/b24-14+. The zero-order chi connectivity index (χ0) is 29.5. The van der Waals surface area contributed by atoms with E-state index in [2.05, 4.69) is 5.32 Å². The van der Waals surface area contributed by atoms with Crippen molar-refractivity contribution in [2.24, 2.45) is 0 Å². The van der Waals surface area contributed by atoms with Gasteiger partial charge in [0, 0.05) is 5.69 Å². The number of hydrogen-bond donors (Lipinski definition) is 2. The summed E-state index contributed by atoms with van der Waals surface area (Å²) in [6.07, 6.45) is 1.50. The molecule has 4 rings (SSSR count). The monoisotopic (exact) mass is 596 g/mol. The Morgan fingerprint density at radius 3 is 2.39 bits per heavy atom. The smallest absolute Gasteiger partial charge is 0.335 e. The van der Waals surface area contributed by atoms with Crippen LogP contribution in [0.5, 0.6) is 17.2 Å². The van der Waals surface area contributed by atoms with Crippen molar-refractivity contribution in [3.05, 3.63) is 87.3 Å². The SMILES string of the molecule is CCOc1cc(/C=C2/SC(=O)N(CC(=O)Nc3ccc(OC)cc3)C2=O)cc(Cl)c1OCc1ccc(C(=O)O)cc1. The molecule has 0 spiro atoms. The highest BCUT2D eigenvalue weighted by atomic mass is 35.5. The lowest BCUT2D eigenvalue weighted by atomic mass is 10.1. The van der Waals surface area contributed by atoms with Gasteiger partial charge in [0.2, 0.25) is 5.91 Å². The first-order valence-electron chi connectivity index (χ1n) is 12.3. The maximum atomic E-state index is 13.0. The number of carbonyl (C=O) groups is 4. The molecule has 12 heteroatoms. The number of carboxylic acids is 1. The van der Waals surface area contributed by atoms with Gasteiger partial charge in [-0.25, -0.2) is 4.79 Å². The molecule has 1 aliphatic rings. The lowest BCUT2D eigenvalue weighted by Crippen LogP contribution is -2.36. The molecule has 0 aromatic heterocycles. The van der Waals surface area contributed by atoms with E-state index in [4.69, 9.17) is 30.9 Å². The summed E-state index contributed by atoms with van der Waals surface area (Å²) in [6, 6.07) is 16.1. The van der Waals surface area contributed by atoms with Gasteiger partial charge >= 0.3 is 5.97 Å². The van der Waals surface area contributed by atoms with Crippen molar-refractivity contribution in [2.45, 2.75) is 13.5 Å². The van der Waals surface area contributed by atoms with Crippen LogP contribution in [0.1, 0.15) is 28.4 Å². The third-order valence-corrected chi connectivity index (χ3v) is 6.95. The van der Waals surface area contributed by atoms with E-state index in [1.165, 1.54) is 25.3 Å². The molecule has 1 heterocycles. The quantitative estimate of drug-likeness (QED) is 0.268. The number of anilines is 1. The van der Waals surface area contributed by atoms with Crippen LogP contribution in [0.25, 0.3) is 6.08 Å². The molecule has 1 fully saturated rings. The van der Waals surface area contributed by atoms with Gasteiger partial charge in [0.15, 0.2) is 11.5 Å². The fourth-order valence-corrected chi connectivity index (χ4v) is 4.89. The average molecular weight is 597 g/mol. The van der Waals surface area contributed by atoms with Crippen molar-refractivity contribution in [1.29, 1.82) is 0 Å². The minimum absolute atomic E-state index is 0.108. The highest BCUT2D eigenvalue weighted by molar-refractivity contribution is 8.18. The summed E-state index contributed by atoms with van der Waals surface area (Å²) in [7, 11) is 1.53. The maximum absolute atomic E-state index is 13.0. The molecule has 3 aromatic rings. The van der Waals surface area contributed by atoms with E-state index in [0.29, 0.717) is 41.1 Å². The number of benzene rings is 3.